The lowest BCUT2D eigenvalue weighted by molar-refractivity contribution is -0.137. The topological polar surface area (TPSA) is 67.5 Å². The van der Waals surface area contributed by atoms with E-state index in [1.54, 1.807) is 12.1 Å². The summed E-state index contributed by atoms with van der Waals surface area (Å²) < 4.78 is 4.61. The first-order valence-corrected chi connectivity index (χ1v) is 5.91. The molecule has 0 saturated heterocycles. The third-order valence-corrected chi connectivity index (χ3v) is 2.15. The minimum atomic E-state index is -0.670. The average Bonchev–Trinajstić information content (AvgIpc) is 2.82. The fraction of sp³-hybridized carbons (Fsp3) is 0.538. The molecule has 96 valence electrons. The molecule has 1 heterocycles. The number of hydrogen-bond donors (Lipinski definition) is 1. The Hall–Kier alpha value is -1.58. The third kappa shape index (κ3) is 10.7. The highest BCUT2D eigenvalue weighted by Crippen LogP contribution is 2.04. The van der Waals surface area contributed by atoms with E-state index in [0.717, 1.165) is 12.8 Å². The Morgan fingerprint density at radius 2 is 2.06 bits per heavy atom. The second-order valence-corrected chi connectivity index (χ2v) is 3.69. The number of carboxylic acid groups (broad SMARTS) is 1. The summed E-state index contributed by atoms with van der Waals surface area (Å²) >= 11 is 0. The molecule has 0 aliphatic carbocycles. The maximum Gasteiger partial charge on any atom is 0.303 e. The van der Waals surface area contributed by atoms with Crippen molar-refractivity contribution in [1.29, 1.82) is 0 Å². The summed E-state index contributed by atoms with van der Waals surface area (Å²) in [4.78, 5) is 19.8. The van der Waals surface area contributed by atoms with Crippen LogP contribution in [0.4, 0.5) is 0 Å². The number of carbonyl (C=O) groups is 2. The van der Waals surface area contributed by atoms with E-state index >= 15 is 0 Å². The minimum Gasteiger partial charge on any atom is -0.481 e. The molecule has 1 N–H and O–H groups in total. The lowest BCUT2D eigenvalue weighted by Gasteiger charge is -1.95. The summed E-state index contributed by atoms with van der Waals surface area (Å²) in [6, 6.07) is 3.27. The van der Waals surface area contributed by atoms with Crippen LogP contribution in [-0.4, -0.2) is 17.4 Å². The molecule has 0 aromatic carbocycles. The van der Waals surface area contributed by atoms with Gasteiger partial charge in [0.15, 0.2) is 12.0 Å². The van der Waals surface area contributed by atoms with Gasteiger partial charge in [-0.3, -0.25) is 9.59 Å². The Morgan fingerprint density at radius 1 is 1.35 bits per heavy atom. The van der Waals surface area contributed by atoms with E-state index in [0.29, 0.717) is 18.5 Å². The molecule has 0 saturated carbocycles. The van der Waals surface area contributed by atoms with E-state index in [1.807, 2.05) is 0 Å². The third-order valence-electron chi connectivity index (χ3n) is 2.15. The van der Waals surface area contributed by atoms with Crippen LogP contribution >= 0.6 is 0 Å². The summed E-state index contributed by atoms with van der Waals surface area (Å²) in [5, 5.41) is 8.27. The van der Waals surface area contributed by atoms with Crippen LogP contribution in [0.15, 0.2) is 22.8 Å². The normalized spacial score (nSPS) is 9.24. The summed E-state index contributed by atoms with van der Waals surface area (Å²) in [7, 11) is 0. The maximum atomic E-state index is 10.0. The highest BCUT2D eigenvalue weighted by molar-refractivity contribution is 5.69. The zero-order valence-corrected chi connectivity index (χ0v) is 10.2. The van der Waals surface area contributed by atoms with Gasteiger partial charge in [0, 0.05) is 6.42 Å². The molecule has 0 aliphatic heterocycles. The van der Waals surface area contributed by atoms with Crippen molar-refractivity contribution >= 4 is 12.3 Å². The SMILES string of the molecule is CCCCCCCC(=O)O.O=Cc1ccco1. The Morgan fingerprint density at radius 3 is 2.47 bits per heavy atom. The van der Waals surface area contributed by atoms with Gasteiger partial charge in [-0.2, -0.15) is 0 Å². The van der Waals surface area contributed by atoms with Crippen molar-refractivity contribution in [2.24, 2.45) is 0 Å². The van der Waals surface area contributed by atoms with Gasteiger partial charge in [0.2, 0.25) is 0 Å². The minimum absolute atomic E-state index is 0.337. The molecule has 1 rings (SSSR count). The van der Waals surface area contributed by atoms with Crippen LogP contribution in [-0.2, 0) is 4.79 Å². The first-order valence-electron chi connectivity index (χ1n) is 5.91. The first-order chi connectivity index (χ1) is 8.20. The van der Waals surface area contributed by atoms with Crippen molar-refractivity contribution in [2.45, 2.75) is 45.4 Å². The lowest BCUT2D eigenvalue weighted by Crippen LogP contribution is -1.93. The number of rotatable bonds is 7. The second kappa shape index (κ2) is 10.9. The second-order valence-electron chi connectivity index (χ2n) is 3.69. The van der Waals surface area contributed by atoms with Crippen molar-refractivity contribution in [3.8, 4) is 0 Å². The summed E-state index contributed by atoms with van der Waals surface area (Å²) in [6.07, 6.45) is 8.01. The molecular formula is C13H20O4. The van der Waals surface area contributed by atoms with E-state index in [4.69, 9.17) is 5.11 Å². The fourth-order valence-electron chi connectivity index (χ4n) is 1.24. The molecule has 0 unspecified atom stereocenters. The zero-order chi connectivity index (χ0) is 12.9. The molecule has 0 bridgehead atoms. The quantitative estimate of drug-likeness (QED) is 0.584. The van der Waals surface area contributed by atoms with Gasteiger partial charge in [0.25, 0.3) is 0 Å². The molecule has 0 fully saturated rings. The van der Waals surface area contributed by atoms with Gasteiger partial charge in [0.1, 0.15) is 0 Å². The van der Waals surface area contributed by atoms with Crippen molar-refractivity contribution < 1.29 is 19.1 Å². The molecule has 1 aromatic rings. The monoisotopic (exact) mass is 240 g/mol. The summed E-state index contributed by atoms with van der Waals surface area (Å²) in [6.45, 7) is 2.15. The number of aliphatic carboxylic acids is 1. The van der Waals surface area contributed by atoms with Gasteiger partial charge in [-0.15, -0.1) is 0 Å². The molecule has 0 spiro atoms. The zero-order valence-electron chi connectivity index (χ0n) is 10.2. The molecule has 17 heavy (non-hydrogen) atoms. The number of carbonyl (C=O) groups excluding carboxylic acids is 1. The van der Waals surface area contributed by atoms with E-state index < -0.39 is 5.97 Å². The van der Waals surface area contributed by atoms with Gasteiger partial charge in [-0.1, -0.05) is 32.6 Å². The van der Waals surface area contributed by atoms with Crippen molar-refractivity contribution in [3.05, 3.63) is 24.2 Å². The van der Waals surface area contributed by atoms with Gasteiger partial charge >= 0.3 is 5.97 Å². The van der Waals surface area contributed by atoms with Gasteiger partial charge < -0.3 is 9.52 Å². The number of hydrogen-bond acceptors (Lipinski definition) is 3. The summed E-state index contributed by atoms with van der Waals surface area (Å²) in [5.74, 6) is -0.295. The number of unbranched alkanes of at least 4 members (excludes halogenated alkanes) is 4. The van der Waals surface area contributed by atoms with Gasteiger partial charge in [-0.25, -0.2) is 0 Å². The van der Waals surface area contributed by atoms with E-state index in [1.165, 1.54) is 25.5 Å². The number of furan rings is 1. The van der Waals surface area contributed by atoms with E-state index in [-0.39, 0.29) is 0 Å². The maximum absolute atomic E-state index is 10.0. The predicted octanol–water partition coefficient (Wildman–Crippen LogP) is 3.52. The molecule has 0 aliphatic rings. The number of aldehydes is 1. The molecule has 4 nitrogen and oxygen atoms in total. The van der Waals surface area contributed by atoms with Crippen LogP contribution in [0.25, 0.3) is 0 Å². The number of carboxylic acids is 1. The van der Waals surface area contributed by atoms with Crippen molar-refractivity contribution in [3.63, 3.8) is 0 Å². The lowest BCUT2D eigenvalue weighted by atomic mass is 10.1. The molecule has 0 atom stereocenters. The smallest absolute Gasteiger partial charge is 0.303 e. The van der Waals surface area contributed by atoms with Crippen LogP contribution in [0.1, 0.15) is 56.0 Å². The molecule has 1 aromatic heterocycles. The fourth-order valence-corrected chi connectivity index (χ4v) is 1.24. The highest BCUT2D eigenvalue weighted by atomic mass is 16.4. The van der Waals surface area contributed by atoms with Crippen LogP contribution in [0, 0.1) is 0 Å². The Labute approximate surface area is 102 Å². The molecule has 0 amide bonds. The van der Waals surface area contributed by atoms with Crippen LogP contribution < -0.4 is 0 Å². The molecular weight excluding hydrogens is 220 g/mol. The molecule has 4 heteroatoms. The standard InChI is InChI=1S/C8H16O2.C5H4O2/c1-2-3-4-5-6-7-8(9)10;6-4-5-2-1-3-7-5/h2-7H2,1H3,(H,9,10);1-4H. The van der Waals surface area contributed by atoms with Crippen LogP contribution in [0.3, 0.4) is 0 Å². The summed E-state index contributed by atoms with van der Waals surface area (Å²) in [5.41, 5.74) is 0. The largest absolute Gasteiger partial charge is 0.481 e. The van der Waals surface area contributed by atoms with E-state index in [2.05, 4.69) is 11.3 Å². The van der Waals surface area contributed by atoms with E-state index in [9.17, 15) is 9.59 Å². The first kappa shape index (κ1) is 15.4. The Balaban J connectivity index is 0.000000318. The molecule has 0 radical (unpaired) electrons. The Kier molecular flexibility index (Phi) is 9.91. The van der Waals surface area contributed by atoms with Gasteiger partial charge in [0.05, 0.1) is 6.26 Å². The van der Waals surface area contributed by atoms with Gasteiger partial charge in [-0.05, 0) is 18.6 Å². The average molecular weight is 240 g/mol. The Bertz CT molecular complexity index is 290. The van der Waals surface area contributed by atoms with Crippen molar-refractivity contribution in [1.82, 2.24) is 0 Å². The van der Waals surface area contributed by atoms with Crippen LogP contribution in [0.5, 0.6) is 0 Å². The van der Waals surface area contributed by atoms with Crippen LogP contribution in [0.2, 0.25) is 0 Å². The van der Waals surface area contributed by atoms with Crippen molar-refractivity contribution in [2.75, 3.05) is 0 Å². The highest BCUT2D eigenvalue weighted by Gasteiger charge is 1.94. The predicted molar refractivity (Wildman–Crippen MR) is 65.1 cm³/mol.